The van der Waals surface area contributed by atoms with Crippen LogP contribution in [0.15, 0.2) is 24.3 Å². The summed E-state index contributed by atoms with van der Waals surface area (Å²) in [6.45, 7) is 1.99. The van der Waals surface area contributed by atoms with Gasteiger partial charge in [0.25, 0.3) is 12.4 Å². The Balaban J connectivity index is 0.000000941. The van der Waals surface area contributed by atoms with Crippen LogP contribution in [0.1, 0.15) is 29.6 Å². The second kappa shape index (κ2) is 9.45. The van der Waals surface area contributed by atoms with Gasteiger partial charge in [-0.2, -0.15) is 0 Å². The van der Waals surface area contributed by atoms with E-state index in [9.17, 15) is 23.1 Å². The number of benzene rings is 1. The average Bonchev–Trinajstić information content (AvgIpc) is 2.64. The molecule has 10 heteroatoms. The molecule has 1 spiro atoms. The Morgan fingerprint density at radius 1 is 1.28 bits per heavy atom. The van der Waals surface area contributed by atoms with E-state index in [1.165, 1.54) is 18.2 Å². The lowest BCUT2D eigenvalue weighted by Crippen LogP contribution is -2.59. The van der Waals surface area contributed by atoms with E-state index in [2.05, 4.69) is 9.64 Å². The number of amides is 1. The summed E-state index contributed by atoms with van der Waals surface area (Å²) in [7, 11) is 1.97. The fourth-order valence-electron chi connectivity index (χ4n) is 4.13. The van der Waals surface area contributed by atoms with Gasteiger partial charge >= 0.3 is 6.36 Å². The van der Waals surface area contributed by atoms with Crippen molar-refractivity contribution in [3.05, 3.63) is 29.8 Å². The van der Waals surface area contributed by atoms with E-state index in [0.717, 1.165) is 19.0 Å². The van der Waals surface area contributed by atoms with Crippen molar-refractivity contribution in [3.63, 3.8) is 0 Å². The summed E-state index contributed by atoms with van der Waals surface area (Å²) in [5.74, 6) is -0.990. The first-order valence-electron chi connectivity index (χ1n) is 9.20. The van der Waals surface area contributed by atoms with E-state index in [4.69, 9.17) is 9.90 Å². The highest BCUT2D eigenvalue weighted by Crippen LogP contribution is 2.39. The molecule has 2 aliphatic rings. The summed E-state index contributed by atoms with van der Waals surface area (Å²) >= 11 is 0. The van der Waals surface area contributed by atoms with Gasteiger partial charge in [-0.05, 0) is 38.4 Å². The third kappa shape index (κ3) is 5.83. The lowest BCUT2D eigenvalue weighted by molar-refractivity contribution is -0.274. The zero-order valence-electron chi connectivity index (χ0n) is 16.1. The minimum Gasteiger partial charge on any atom is -0.483 e. The number of para-hydroxylation sites is 1. The lowest BCUT2D eigenvalue weighted by Gasteiger charge is -2.50. The number of hydrogen-bond donors (Lipinski definition) is 2. The Kier molecular flexibility index (Phi) is 7.48. The number of nitrogens with zero attached hydrogens (tertiary/aromatic N) is 2. The second-order valence-electron chi connectivity index (χ2n) is 7.38. The summed E-state index contributed by atoms with van der Waals surface area (Å²) in [5.41, 5.74) is -0.540. The molecule has 0 radical (unpaired) electrons. The van der Waals surface area contributed by atoms with E-state index in [-0.39, 0.29) is 12.0 Å². The number of carboxylic acid groups (broad SMARTS) is 1. The monoisotopic (exact) mass is 418 g/mol. The predicted molar refractivity (Wildman–Crippen MR) is 97.5 cm³/mol. The Labute approximate surface area is 166 Å². The molecule has 2 atom stereocenters. The molecular formula is C19H25F3N2O5. The van der Waals surface area contributed by atoms with E-state index in [0.29, 0.717) is 32.5 Å². The van der Waals surface area contributed by atoms with Gasteiger partial charge in [0.15, 0.2) is 0 Å². The summed E-state index contributed by atoms with van der Waals surface area (Å²) in [4.78, 5) is 24.9. The van der Waals surface area contributed by atoms with Crippen LogP contribution in [0.2, 0.25) is 0 Å². The van der Waals surface area contributed by atoms with Crippen LogP contribution in [0.3, 0.4) is 0 Å². The molecule has 0 aliphatic carbocycles. The highest BCUT2D eigenvalue weighted by atomic mass is 19.4. The molecule has 0 bridgehead atoms. The number of aliphatic hydroxyl groups excluding tert-OH is 1. The van der Waals surface area contributed by atoms with Crippen molar-refractivity contribution >= 4 is 12.4 Å². The molecule has 2 aliphatic heterocycles. The largest absolute Gasteiger partial charge is 0.573 e. The molecule has 2 saturated heterocycles. The maximum absolute atomic E-state index is 12.9. The minimum atomic E-state index is -4.86. The van der Waals surface area contributed by atoms with Gasteiger partial charge in [0.1, 0.15) is 5.75 Å². The fraction of sp³-hybridized carbons (Fsp3) is 0.579. The topological polar surface area (TPSA) is 90.3 Å². The van der Waals surface area contributed by atoms with Crippen LogP contribution < -0.4 is 4.74 Å². The van der Waals surface area contributed by atoms with Gasteiger partial charge in [-0.1, -0.05) is 12.1 Å². The lowest BCUT2D eigenvalue weighted by atomic mass is 9.71. The van der Waals surface area contributed by atoms with Crippen molar-refractivity contribution in [1.29, 1.82) is 0 Å². The highest BCUT2D eigenvalue weighted by molar-refractivity contribution is 5.97. The van der Waals surface area contributed by atoms with Crippen molar-refractivity contribution in [2.24, 2.45) is 5.41 Å². The molecule has 7 nitrogen and oxygen atoms in total. The molecule has 3 rings (SSSR count). The van der Waals surface area contributed by atoms with E-state index >= 15 is 0 Å². The Morgan fingerprint density at radius 3 is 2.59 bits per heavy atom. The minimum absolute atomic E-state index is 0.111. The van der Waals surface area contributed by atoms with Gasteiger partial charge in [0, 0.05) is 31.6 Å². The zero-order valence-corrected chi connectivity index (χ0v) is 16.1. The number of likely N-dealkylation sites (tertiary alicyclic amines) is 2. The highest BCUT2D eigenvalue weighted by Gasteiger charge is 2.46. The van der Waals surface area contributed by atoms with Gasteiger partial charge in [0.2, 0.25) is 0 Å². The smallest absolute Gasteiger partial charge is 0.483 e. The quantitative estimate of drug-likeness (QED) is 0.716. The third-order valence-electron chi connectivity index (χ3n) is 5.31. The number of carbonyl (C=O) groups is 2. The van der Waals surface area contributed by atoms with Crippen LogP contribution in [0, 0.1) is 5.41 Å². The number of aliphatic hydroxyl groups is 1. The van der Waals surface area contributed by atoms with Crippen LogP contribution in [-0.4, -0.2) is 78.1 Å². The van der Waals surface area contributed by atoms with Gasteiger partial charge in [-0.15, -0.1) is 13.2 Å². The maximum Gasteiger partial charge on any atom is 0.573 e. The molecule has 1 aromatic rings. The summed E-state index contributed by atoms with van der Waals surface area (Å²) in [5, 5.41) is 17.4. The number of piperidine rings is 2. The fourth-order valence-corrected chi connectivity index (χ4v) is 4.13. The molecule has 0 unspecified atom stereocenters. The van der Waals surface area contributed by atoms with Gasteiger partial charge < -0.3 is 24.7 Å². The molecule has 2 heterocycles. The molecule has 0 aromatic heterocycles. The standard InChI is InChI=1S/C18H23F3N2O3.CH2O2/c1-22-10-7-15(24)17(11-22)8-4-9-23(12-17)16(25)13-5-2-3-6-14(13)26-18(19,20)21;2-1-3/h2-3,5-6,15,24H,4,7-12H2,1H3;1H,(H,2,3)/t15-,17-;/m0./s1. The number of alkyl halides is 3. The second-order valence-corrected chi connectivity index (χ2v) is 7.38. The molecular weight excluding hydrogens is 393 g/mol. The van der Waals surface area contributed by atoms with Crippen molar-refractivity contribution < 1.29 is 37.7 Å². The first kappa shape index (κ1) is 23.0. The molecule has 1 amide bonds. The van der Waals surface area contributed by atoms with Crippen LogP contribution in [0.25, 0.3) is 0 Å². The van der Waals surface area contributed by atoms with E-state index in [1.54, 1.807) is 4.90 Å². The van der Waals surface area contributed by atoms with Crippen LogP contribution in [0.5, 0.6) is 5.75 Å². The first-order valence-corrected chi connectivity index (χ1v) is 9.20. The van der Waals surface area contributed by atoms with E-state index < -0.39 is 29.5 Å². The molecule has 0 saturated carbocycles. The summed E-state index contributed by atoms with van der Waals surface area (Å²) in [6, 6.07) is 5.40. The normalized spacial score (nSPS) is 25.1. The Hall–Kier alpha value is -2.33. The SMILES string of the molecule is CN1CC[C@H](O)[C@@]2(CCCN(C(=O)c3ccccc3OC(F)(F)F)C2)C1.O=CO. The number of ether oxygens (including phenoxy) is 1. The maximum atomic E-state index is 12.9. The number of halogens is 3. The van der Waals surface area contributed by atoms with Gasteiger partial charge in [-0.25, -0.2) is 0 Å². The predicted octanol–water partition coefficient (Wildman–Crippen LogP) is 2.20. The number of carbonyl (C=O) groups excluding carboxylic acids is 1. The van der Waals surface area contributed by atoms with Crippen LogP contribution in [-0.2, 0) is 4.79 Å². The zero-order chi connectivity index (χ0) is 21.7. The van der Waals surface area contributed by atoms with E-state index in [1.807, 2.05) is 7.05 Å². The molecule has 162 valence electrons. The average molecular weight is 418 g/mol. The number of rotatable bonds is 2. The molecule has 2 N–H and O–H groups in total. The molecule has 1 aromatic carbocycles. The first-order chi connectivity index (χ1) is 13.6. The van der Waals surface area contributed by atoms with Gasteiger partial charge in [0.05, 0.1) is 11.7 Å². The molecule has 2 fully saturated rings. The van der Waals surface area contributed by atoms with Gasteiger partial charge in [-0.3, -0.25) is 9.59 Å². The molecule has 29 heavy (non-hydrogen) atoms. The Bertz CT molecular complexity index is 715. The third-order valence-corrected chi connectivity index (χ3v) is 5.31. The van der Waals surface area contributed by atoms with Crippen molar-refractivity contribution in [2.45, 2.75) is 31.7 Å². The number of hydrogen-bond acceptors (Lipinski definition) is 5. The van der Waals surface area contributed by atoms with Crippen LogP contribution in [0.4, 0.5) is 13.2 Å². The van der Waals surface area contributed by atoms with Crippen molar-refractivity contribution in [1.82, 2.24) is 9.80 Å². The Morgan fingerprint density at radius 2 is 1.93 bits per heavy atom. The summed E-state index contributed by atoms with van der Waals surface area (Å²) < 4.78 is 41.9. The summed E-state index contributed by atoms with van der Waals surface area (Å²) in [6.07, 6.45) is -3.24. The van der Waals surface area contributed by atoms with Crippen molar-refractivity contribution in [3.8, 4) is 5.75 Å². The van der Waals surface area contributed by atoms with Crippen molar-refractivity contribution in [2.75, 3.05) is 33.2 Å². The van der Waals surface area contributed by atoms with Crippen LogP contribution >= 0.6 is 0 Å².